The summed E-state index contributed by atoms with van der Waals surface area (Å²) in [7, 11) is 1.68. The van der Waals surface area contributed by atoms with Crippen LogP contribution >= 0.6 is 11.6 Å². The third kappa shape index (κ3) is 2.62. The highest BCUT2D eigenvalue weighted by Gasteiger charge is 2.10. The monoisotopic (exact) mass is 300 g/mol. The van der Waals surface area contributed by atoms with E-state index in [1.54, 1.807) is 7.11 Å². The lowest BCUT2D eigenvalue weighted by Gasteiger charge is -2.12. The van der Waals surface area contributed by atoms with Crippen molar-refractivity contribution in [3.8, 4) is 5.75 Å². The Hall–Kier alpha value is -1.97. The molecule has 2 N–H and O–H groups in total. The number of nitrogens with two attached hydrogens (primary N) is 1. The molecule has 0 saturated heterocycles. The fraction of sp³-hybridized carbons (Fsp3) is 0.176. The second kappa shape index (κ2) is 5.80. The molecule has 0 aliphatic rings. The molecule has 0 aliphatic heterocycles. The molecule has 0 unspecified atom stereocenters. The number of hydrogen-bond acceptors (Lipinski definition) is 2. The molecular weight excluding hydrogens is 284 g/mol. The van der Waals surface area contributed by atoms with Crippen molar-refractivity contribution < 1.29 is 4.74 Å². The Labute approximate surface area is 128 Å². The van der Waals surface area contributed by atoms with Crippen molar-refractivity contribution in [2.75, 3.05) is 7.11 Å². The summed E-state index contributed by atoms with van der Waals surface area (Å²) in [5.74, 6) is 0.862. The molecule has 0 radical (unpaired) electrons. The van der Waals surface area contributed by atoms with Gasteiger partial charge in [0, 0.05) is 29.2 Å². The van der Waals surface area contributed by atoms with Gasteiger partial charge in [-0.25, -0.2) is 0 Å². The SMILES string of the molecule is COc1ccc(CN)cc1Cn1cc(Cl)c2ccccc21. The van der Waals surface area contributed by atoms with Gasteiger partial charge in [-0.1, -0.05) is 35.9 Å². The Bertz CT molecular complexity index is 780. The van der Waals surface area contributed by atoms with Crippen molar-refractivity contribution in [3.63, 3.8) is 0 Å². The summed E-state index contributed by atoms with van der Waals surface area (Å²) >= 11 is 6.30. The third-order valence-electron chi connectivity index (χ3n) is 3.66. The molecular formula is C17H17ClN2O. The molecule has 108 valence electrons. The molecule has 0 aliphatic carbocycles. The maximum Gasteiger partial charge on any atom is 0.123 e. The highest BCUT2D eigenvalue weighted by Crippen LogP contribution is 2.28. The molecule has 0 fully saturated rings. The zero-order valence-electron chi connectivity index (χ0n) is 11.8. The molecule has 0 atom stereocenters. The Morgan fingerprint density at radius 3 is 2.76 bits per heavy atom. The Morgan fingerprint density at radius 1 is 1.19 bits per heavy atom. The van der Waals surface area contributed by atoms with Crippen molar-refractivity contribution in [2.24, 2.45) is 5.73 Å². The standard InChI is InChI=1S/C17H17ClN2O/c1-21-17-7-6-12(9-19)8-13(17)10-20-11-15(18)14-4-2-3-5-16(14)20/h2-8,11H,9-10,19H2,1H3. The number of aromatic nitrogens is 1. The number of nitrogens with zero attached hydrogens (tertiary/aromatic N) is 1. The minimum Gasteiger partial charge on any atom is -0.496 e. The molecule has 0 bridgehead atoms. The quantitative estimate of drug-likeness (QED) is 0.796. The molecule has 0 spiro atoms. The summed E-state index contributed by atoms with van der Waals surface area (Å²) in [6.45, 7) is 1.22. The lowest BCUT2D eigenvalue weighted by Crippen LogP contribution is -2.03. The van der Waals surface area contributed by atoms with E-state index in [9.17, 15) is 0 Å². The van der Waals surface area contributed by atoms with Crippen LogP contribution in [0.5, 0.6) is 5.75 Å². The van der Waals surface area contributed by atoms with Gasteiger partial charge in [-0.05, 0) is 23.8 Å². The zero-order valence-corrected chi connectivity index (χ0v) is 12.6. The largest absolute Gasteiger partial charge is 0.496 e. The van der Waals surface area contributed by atoms with E-state index in [-0.39, 0.29) is 0 Å². The second-order valence-corrected chi connectivity index (χ2v) is 5.38. The topological polar surface area (TPSA) is 40.2 Å². The first kappa shape index (κ1) is 14.0. The number of hydrogen-bond donors (Lipinski definition) is 1. The smallest absolute Gasteiger partial charge is 0.123 e. The van der Waals surface area contributed by atoms with Gasteiger partial charge in [0.1, 0.15) is 5.75 Å². The first-order valence-corrected chi connectivity index (χ1v) is 7.20. The van der Waals surface area contributed by atoms with Gasteiger partial charge in [0.2, 0.25) is 0 Å². The van der Waals surface area contributed by atoms with Crippen LogP contribution in [-0.2, 0) is 13.1 Å². The van der Waals surface area contributed by atoms with Crippen LogP contribution in [0.3, 0.4) is 0 Å². The highest BCUT2D eigenvalue weighted by atomic mass is 35.5. The molecule has 2 aromatic carbocycles. The van der Waals surface area contributed by atoms with Gasteiger partial charge in [0.05, 0.1) is 18.7 Å². The van der Waals surface area contributed by atoms with Gasteiger partial charge in [-0.2, -0.15) is 0 Å². The predicted molar refractivity (Wildman–Crippen MR) is 86.9 cm³/mol. The number of fused-ring (bicyclic) bond motifs is 1. The highest BCUT2D eigenvalue weighted by molar-refractivity contribution is 6.35. The van der Waals surface area contributed by atoms with Crippen LogP contribution in [0.4, 0.5) is 0 Å². The van der Waals surface area contributed by atoms with Gasteiger partial charge in [-0.3, -0.25) is 0 Å². The minimum atomic E-state index is 0.518. The van der Waals surface area contributed by atoms with Crippen molar-refractivity contribution in [3.05, 3.63) is 64.8 Å². The average molecular weight is 301 g/mol. The van der Waals surface area contributed by atoms with Gasteiger partial charge in [-0.15, -0.1) is 0 Å². The van der Waals surface area contributed by atoms with E-state index in [2.05, 4.69) is 16.7 Å². The fourth-order valence-electron chi connectivity index (χ4n) is 2.60. The van der Waals surface area contributed by atoms with E-state index in [0.29, 0.717) is 13.1 Å². The van der Waals surface area contributed by atoms with E-state index in [0.717, 1.165) is 32.8 Å². The van der Waals surface area contributed by atoms with Crippen molar-refractivity contribution in [1.29, 1.82) is 0 Å². The Balaban J connectivity index is 2.06. The van der Waals surface area contributed by atoms with E-state index in [1.165, 1.54) is 0 Å². The van der Waals surface area contributed by atoms with Crippen LogP contribution in [0.25, 0.3) is 10.9 Å². The maximum absolute atomic E-state index is 6.30. The summed E-state index contributed by atoms with van der Waals surface area (Å²) in [6.07, 6.45) is 1.96. The van der Waals surface area contributed by atoms with Gasteiger partial charge in [0.15, 0.2) is 0 Å². The molecule has 1 aromatic heterocycles. The van der Waals surface area contributed by atoms with E-state index < -0.39 is 0 Å². The molecule has 1 heterocycles. The molecule has 4 heteroatoms. The maximum atomic E-state index is 6.30. The minimum absolute atomic E-state index is 0.518. The number of methoxy groups -OCH3 is 1. The summed E-state index contributed by atoms with van der Waals surface area (Å²) in [5, 5.41) is 1.83. The van der Waals surface area contributed by atoms with Gasteiger partial charge in [0.25, 0.3) is 0 Å². The summed E-state index contributed by atoms with van der Waals surface area (Å²) in [5.41, 5.74) is 9.03. The molecule has 0 saturated carbocycles. The molecule has 0 amide bonds. The van der Waals surface area contributed by atoms with Crippen molar-refractivity contribution >= 4 is 22.5 Å². The van der Waals surface area contributed by atoms with Crippen LogP contribution in [0, 0.1) is 0 Å². The summed E-state index contributed by atoms with van der Waals surface area (Å²) in [4.78, 5) is 0. The predicted octanol–water partition coefficient (Wildman–Crippen LogP) is 3.81. The Morgan fingerprint density at radius 2 is 2.00 bits per heavy atom. The van der Waals surface area contributed by atoms with Crippen LogP contribution in [0.1, 0.15) is 11.1 Å². The van der Waals surface area contributed by atoms with E-state index >= 15 is 0 Å². The van der Waals surface area contributed by atoms with Crippen LogP contribution in [0.2, 0.25) is 5.02 Å². The van der Waals surface area contributed by atoms with Gasteiger partial charge >= 0.3 is 0 Å². The van der Waals surface area contributed by atoms with Gasteiger partial charge < -0.3 is 15.0 Å². The Kier molecular flexibility index (Phi) is 3.86. The number of para-hydroxylation sites is 1. The number of ether oxygens (including phenoxy) is 1. The average Bonchev–Trinajstić information content (AvgIpc) is 2.84. The summed E-state index contributed by atoms with van der Waals surface area (Å²) < 4.78 is 7.58. The fourth-order valence-corrected chi connectivity index (χ4v) is 2.88. The first-order valence-electron chi connectivity index (χ1n) is 6.82. The third-order valence-corrected chi connectivity index (χ3v) is 3.96. The lowest BCUT2D eigenvalue weighted by molar-refractivity contribution is 0.408. The molecule has 3 nitrogen and oxygen atoms in total. The lowest BCUT2D eigenvalue weighted by atomic mass is 10.1. The second-order valence-electron chi connectivity index (χ2n) is 4.97. The van der Waals surface area contributed by atoms with E-state index in [4.69, 9.17) is 22.1 Å². The zero-order chi connectivity index (χ0) is 14.8. The van der Waals surface area contributed by atoms with E-state index in [1.807, 2.05) is 36.5 Å². The molecule has 21 heavy (non-hydrogen) atoms. The number of halogens is 1. The summed E-state index contributed by atoms with van der Waals surface area (Å²) in [6, 6.07) is 14.1. The normalized spacial score (nSPS) is 11.0. The number of rotatable bonds is 4. The van der Waals surface area contributed by atoms with Crippen LogP contribution in [-0.4, -0.2) is 11.7 Å². The first-order chi connectivity index (χ1) is 10.2. The molecule has 3 aromatic rings. The van der Waals surface area contributed by atoms with Crippen LogP contribution < -0.4 is 10.5 Å². The van der Waals surface area contributed by atoms with Crippen molar-refractivity contribution in [1.82, 2.24) is 4.57 Å². The van der Waals surface area contributed by atoms with Crippen molar-refractivity contribution in [2.45, 2.75) is 13.1 Å². The number of benzene rings is 2. The molecule has 3 rings (SSSR count). The van der Waals surface area contributed by atoms with Crippen LogP contribution in [0.15, 0.2) is 48.7 Å².